The van der Waals surface area contributed by atoms with Crippen molar-refractivity contribution in [2.24, 2.45) is 0 Å². The maximum absolute atomic E-state index is 12.2. The summed E-state index contributed by atoms with van der Waals surface area (Å²) < 4.78 is 5.09. The molecule has 2 aromatic carbocycles. The summed E-state index contributed by atoms with van der Waals surface area (Å²) >= 11 is 0. The number of para-hydroxylation sites is 1. The topological polar surface area (TPSA) is 102 Å². The number of rotatable bonds is 3. The molecule has 1 amide bonds. The Labute approximate surface area is 129 Å². The van der Waals surface area contributed by atoms with Crippen molar-refractivity contribution in [2.75, 3.05) is 5.32 Å². The summed E-state index contributed by atoms with van der Waals surface area (Å²) in [4.78, 5) is 34.3. The third-order valence-corrected chi connectivity index (χ3v) is 3.20. The van der Waals surface area contributed by atoms with Gasteiger partial charge in [-0.1, -0.05) is 24.3 Å². The number of anilines is 1. The lowest BCUT2D eigenvalue weighted by molar-refractivity contribution is -0.384. The van der Waals surface area contributed by atoms with Gasteiger partial charge in [0.2, 0.25) is 0 Å². The summed E-state index contributed by atoms with van der Waals surface area (Å²) in [7, 11) is 0. The second kappa shape index (κ2) is 5.72. The van der Waals surface area contributed by atoms with Crippen LogP contribution in [-0.2, 0) is 0 Å². The van der Waals surface area contributed by atoms with Crippen molar-refractivity contribution >= 4 is 28.3 Å². The van der Waals surface area contributed by atoms with Crippen LogP contribution in [0.3, 0.4) is 0 Å². The van der Waals surface area contributed by atoms with Crippen molar-refractivity contribution in [2.45, 2.75) is 0 Å². The molecule has 23 heavy (non-hydrogen) atoms. The Kier molecular flexibility index (Phi) is 3.60. The van der Waals surface area contributed by atoms with Gasteiger partial charge in [-0.2, -0.15) is 0 Å². The quantitative estimate of drug-likeness (QED) is 0.455. The monoisotopic (exact) mass is 310 g/mol. The summed E-state index contributed by atoms with van der Waals surface area (Å²) in [6.07, 6.45) is 0. The lowest BCUT2D eigenvalue weighted by atomic mass is 10.1. The van der Waals surface area contributed by atoms with Crippen LogP contribution in [0.2, 0.25) is 0 Å². The van der Waals surface area contributed by atoms with Gasteiger partial charge in [0.05, 0.1) is 4.92 Å². The highest BCUT2D eigenvalue weighted by atomic mass is 16.6. The normalized spacial score (nSPS) is 10.4. The number of non-ortho nitro benzene ring substituents is 1. The second-order valence-electron chi connectivity index (χ2n) is 4.75. The Morgan fingerprint density at radius 3 is 2.65 bits per heavy atom. The number of nitrogens with zero attached hydrogens (tertiary/aromatic N) is 1. The van der Waals surface area contributed by atoms with Crippen LogP contribution in [0.5, 0.6) is 0 Å². The van der Waals surface area contributed by atoms with Gasteiger partial charge in [-0.05, 0) is 18.2 Å². The molecule has 114 valence electrons. The van der Waals surface area contributed by atoms with E-state index in [1.165, 1.54) is 30.3 Å². The Balaban J connectivity index is 1.94. The summed E-state index contributed by atoms with van der Waals surface area (Å²) in [5.74, 6) is -0.690. The van der Waals surface area contributed by atoms with E-state index in [2.05, 4.69) is 5.32 Å². The van der Waals surface area contributed by atoms with Gasteiger partial charge in [0.25, 0.3) is 11.6 Å². The van der Waals surface area contributed by atoms with Crippen LogP contribution in [-0.4, -0.2) is 10.8 Å². The standard InChI is InChI=1S/C16H10N2O5/c19-15(17-11-5-3-6-12(9-11)18(21)22)13-8-10-4-1-2-7-14(10)23-16(13)20/h1-9H,(H,17,19). The molecule has 1 aromatic heterocycles. The minimum absolute atomic E-state index is 0.159. The Morgan fingerprint density at radius 1 is 1.09 bits per heavy atom. The molecule has 0 unspecified atom stereocenters. The molecule has 0 aliphatic heterocycles. The van der Waals surface area contributed by atoms with E-state index < -0.39 is 16.5 Å². The van der Waals surface area contributed by atoms with E-state index in [0.29, 0.717) is 11.0 Å². The highest BCUT2D eigenvalue weighted by Gasteiger charge is 2.15. The van der Waals surface area contributed by atoms with E-state index in [0.717, 1.165) is 0 Å². The van der Waals surface area contributed by atoms with Gasteiger partial charge in [0.1, 0.15) is 11.1 Å². The average molecular weight is 310 g/mol. The fraction of sp³-hybridized carbons (Fsp3) is 0. The molecule has 1 heterocycles. The van der Waals surface area contributed by atoms with E-state index >= 15 is 0 Å². The molecule has 3 aromatic rings. The smallest absolute Gasteiger partial charge is 0.349 e. The minimum atomic E-state index is -0.772. The van der Waals surface area contributed by atoms with Gasteiger partial charge in [0, 0.05) is 23.2 Å². The zero-order valence-electron chi connectivity index (χ0n) is 11.7. The zero-order chi connectivity index (χ0) is 16.4. The first-order chi connectivity index (χ1) is 11.0. The summed E-state index contributed by atoms with van der Waals surface area (Å²) in [6.45, 7) is 0. The summed E-state index contributed by atoms with van der Waals surface area (Å²) in [5.41, 5.74) is -0.503. The van der Waals surface area contributed by atoms with E-state index in [4.69, 9.17) is 4.42 Å². The number of hydrogen-bond acceptors (Lipinski definition) is 5. The van der Waals surface area contributed by atoms with Gasteiger partial charge in [-0.25, -0.2) is 4.79 Å². The van der Waals surface area contributed by atoms with Crippen molar-refractivity contribution in [3.8, 4) is 0 Å². The van der Waals surface area contributed by atoms with Gasteiger partial charge in [-0.3, -0.25) is 14.9 Å². The van der Waals surface area contributed by atoms with Crippen molar-refractivity contribution in [1.29, 1.82) is 0 Å². The average Bonchev–Trinajstić information content (AvgIpc) is 2.54. The molecule has 7 heteroatoms. The third-order valence-electron chi connectivity index (χ3n) is 3.20. The van der Waals surface area contributed by atoms with Gasteiger partial charge >= 0.3 is 5.63 Å². The first-order valence-corrected chi connectivity index (χ1v) is 6.63. The first kappa shape index (κ1) is 14.5. The third kappa shape index (κ3) is 2.93. The highest BCUT2D eigenvalue weighted by molar-refractivity contribution is 6.05. The van der Waals surface area contributed by atoms with Crippen LogP contribution in [0, 0.1) is 10.1 Å². The molecule has 3 rings (SSSR count). The van der Waals surface area contributed by atoms with E-state index in [9.17, 15) is 19.7 Å². The lowest BCUT2D eigenvalue weighted by Crippen LogP contribution is -2.20. The van der Waals surface area contributed by atoms with Crippen molar-refractivity contribution in [3.63, 3.8) is 0 Å². The molecule has 0 fully saturated rings. The molecule has 0 atom stereocenters. The van der Waals surface area contributed by atoms with E-state index in [-0.39, 0.29) is 16.9 Å². The second-order valence-corrected chi connectivity index (χ2v) is 4.75. The number of benzene rings is 2. The number of nitro groups is 1. The molecule has 1 N–H and O–H groups in total. The number of nitrogens with one attached hydrogen (secondary N) is 1. The van der Waals surface area contributed by atoms with Crippen LogP contribution in [0.25, 0.3) is 11.0 Å². The van der Waals surface area contributed by atoms with Gasteiger partial charge in [-0.15, -0.1) is 0 Å². The maximum atomic E-state index is 12.2. The Hall–Kier alpha value is -3.48. The largest absolute Gasteiger partial charge is 0.422 e. The lowest BCUT2D eigenvalue weighted by Gasteiger charge is -2.05. The van der Waals surface area contributed by atoms with Crippen molar-refractivity contribution in [3.05, 3.63) is 80.7 Å². The highest BCUT2D eigenvalue weighted by Crippen LogP contribution is 2.18. The van der Waals surface area contributed by atoms with Crippen LogP contribution in [0.4, 0.5) is 11.4 Å². The predicted molar refractivity (Wildman–Crippen MR) is 83.5 cm³/mol. The summed E-state index contributed by atoms with van der Waals surface area (Å²) in [5, 5.41) is 13.8. The van der Waals surface area contributed by atoms with Gasteiger partial charge in [0.15, 0.2) is 0 Å². The minimum Gasteiger partial charge on any atom is -0.422 e. The van der Waals surface area contributed by atoms with Crippen LogP contribution in [0.1, 0.15) is 10.4 Å². The van der Waals surface area contributed by atoms with Crippen LogP contribution < -0.4 is 10.9 Å². The van der Waals surface area contributed by atoms with Crippen LogP contribution >= 0.6 is 0 Å². The van der Waals surface area contributed by atoms with Gasteiger partial charge < -0.3 is 9.73 Å². The van der Waals surface area contributed by atoms with Crippen LogP contribution in [0.15, 0.2) is 63.8 Å². The molecule has 0 saturated carbocycles. The predicted octanol–water partition coefficient (Wildman–Crippen LogP) is 2.95. The van der Waals surface area contributed by atoms with Crippen molar-refractivity contribution in [1.82, 2.24) is 0 Å². The van der Waals surface area contributed by atoms with E-state index in [1.807, 2.05) is 0 Å². The number of nitro benzene ring substituents is 1. The molecule has 0 saturated heterocycles. The molecule has 7 nitrogen and oxygen atoms in total. The molecular weight excluding hydrogens is 300 g/mol. The fourth-order valence-corrected chi connectivity index (χ4v) is 2.12. The first-order valence-electron chi connectivity index (χ1n) is 6.63. The fourth-order valence-electron chi connectivity index (χ4n) is 2.12. The number of amides is 1. The SMILES string of the molecule is O=C(Nc1cccc([N+](=O)[O-])c1)c1cc2ccccc2oc1=O. The Morgan fingerprint density at radius 2 is 1.87 bits per heavy atom. The molecule has 0 spiro atoms. The molecule has 0 radical (unpaired) electrons. The molecule has 0 aliphatic rings. The zero-order valence-corrected chi connectivity index (χ0v) is 11.7. The molecule has 0 bridgehead atoms. The number of carbonyl (C=O) groups is 1. The molecular formula is C16H10N2O5. The molecule has 0 aliphatic carbocycles. The number of fused-ring (bicyclic) bond motifs is 1. The van der Waals surface area contributed by atoms with E-state index in [1.54, 1.807) is 24.3 Å². The number of hydrogen-bond donors (Lipinski definition) is 1. The summed E-state index contributed by atoms with van der Waals surface area (Å²) in [6, 6.07) is 13.7. The maximum Gasteiger partial charge on any atom is 0.349 e. The van der Waals surface area contributed by atoms with Crippen molar-refractivity contribution < 1.29 is 14.1 Å². The number of carbonyl (C=O) groups excluding carboxylic acids is 1. The Bertz CT molecular complexity index is 977.